The number of hydrogen-bond acceptors (Lipinski definition) is 3. The van der Waals surface area contributed by atoms with Crippen LogP contribution in [0.15, 0.2) is 24.3 Å². The molecule has 0 spiro atoms. The van der Waals surface area contributed by atoms with Crippen LogP contribution in [0.4, 0.5) is 5.69 Å². The average Bonchev–Trinajstić information content (AvgIpc) is 2.27. The molecule has 0 unspecified atom stereocenters. The lowest BCUT2D eigenvalue weighted by Gasteiger charge is -2.08. The highest BCUT2D eigenvalue weighted by atomic mass is 16.5. The zero-order chi connectivity index (χ0) is 12.8. The first-order valence-corrected chi connectivity index (χ1v) is 5.51. The summed E-state index contributed by atoms with van der Waals surface area (Å²) in [5.41, 5.74) is 1.04. The number of methoxy groups -OCH3 is 1. The van der Waals surface area contributed by atoms with Crippen LogP contribution in [0, 0.1) is 5.92 Å². The van der Waals surface area contributed by atoms with Gasteiger partial charge in [0.05, 0.1) is 12.7 Å². The third-order valence-corrected chi connectivity index (χ3v) is 2.16. The molecule has 0 fully saturated rings. The molecule has 0 aliphatic carbocycles. The van der Waals surface area contributed by atoms with E-state index in [0.29, 0.717) is 23.6 Å². The van der Waals surface area contributed by atoms with E-state index >= 15 is 0 Å². The van der Waals surface area contributed by atoms with Gasteiger partial charge in [0.25, 0.3) is 0 Å². The molecule has 0 aromatic heterocycles. The molecular formula is C13H17NO3. The molecular weight excluding hydrogens is 218 g/mol. The van der Waals surface area contributed by atoms with Crippen molar-refractivity contribution in [1.82, 2.24) is 0 Å². The van der Waals surface area contributed by atoms with Gasteiger partial charge in [-0.15, -0.1) is 0 Å². The molecule has 1 rings (SSSR count). The molecule has 4 heteroatoms. The Morgan fingerprint density at radius 2 is 2.06 bits per heavy atom. The minimum absolute atomic E-state index is 0.0537. The number of benzene rings is 1. The number of carbonyl (C=O) groups is 2. The van der Waals surface area contributed by atoms with E-state index in [-0.39, 0.29) is 5.91 Å². The van der Waals surface area contributed by atoms with Crippen LogP contribution >= 0.6 is 0 Å². The lowest BCUT2D eigenvalue weighted by Crippen LogP contribution is -2.14. The predicted octanol–water partition coefficient (Wildman–Crippen LogP) is 2.46. The van der Waals surface area contributed by atoms with E-state index in [0.717, 1.165) is 0 Å². The van der Waals surface area contributed by atoms with Crippen LogP contribution in [0.25, 0.3) is 0 Å². The van der Waals surface area contributed by atoms with Gasteiger partial charge in [0.2, 0.25) is 5.91 Å². The first kappa shape index (κ1) is 13.2. The second-order valence-electron chi connectivity index (χ2n) is 4.22. The lowest BCUT2D eigenvalue weighted by molar-refractivity contribution is -0.116. The van der Waals surface area contributed by atoms with Crippen molar-refractivity contribution in [2.75, 3.05) is 12.4 Å². The minimum atomic E-state index is -0.412. The van der Waals surface area contributed by atoms with Gasteiger partial charge in [-0.25, -0.2) is 4.79 Å². The Morgan fingerprint density at radius 1 is 1.35 bits per heavy atom. The Bertz CT molecular complexity index is 413. The van der Waals surface area contributed by atoms with Gasteiger partial charge in [0.15, 0.2) is 0 Å². The third kappa shape index (κ3) is 4.26. The van der Waals surface area contributed by atoms with E-state index in [1.54, 1.807) is 24.3 Å². The zero-order valence-corrected chi connectivity index (χ0v) is 10.3. The molecule has 4 nitrogen and oxygen atoms in total. The fraction of sp³-hybridized carbons (Fsp3) is 0.385. The number of anilines is 1. The molecule has 0 bridgehead atoms. The van der Waals surface area contributed by atoms with Gasteiger partial charge < -0.3 is 10.1 Å². The molecule has 0 aliphatic rings. The fourth-order valence-corrected chi connectivity index (χ4v) is 1.42. The molecule has 1 N–H and O–H groups in total. The number of nitrogens with one attached hydrogen (secondary N) is 1. The number of esters is 1. The van der Waals surface area contributed by atoms with Gasteiger partial charge in [0.1, 0.15) is 0 Å². The summed E-state index contributed by atoms with van der Waals surface area (Å²) in [5, 5.41) is 2.75. The molecule has 0 radical (unpaired) electrons. The van der Waals surface area contributed by atoms with Crippen LogP contribution in [0.3, 0.4) is 0 Å². The summed E-state index contributed by atoms with van der Waals surface area (Å²) in [6.07, 6.45) is 0.461. The zero-order valence-electron chi connectivity index (χ0n) is 10.3. The third-order valence-electron chi connectivity index (χ3n) is 2.16. The van der Waals surface area contributed by atoms with Crippen LogP contribution in [-0.4, -0.2) is 19.0 Å². The highest BCUT2D eigenvalue weighted by Gasteiger charge is 2.08. The molecule has 0 saturated heterocycles. The topological polar surface area (TPSA) is 55.4 Å². The highest BCUT2D eigenvalue weighted by Crippen LogP contribution is 2.12. The van der Waals surface area contributed by atoms with Gasteiger partial charge in [-0.2, -0.15) is 0 Å². The van der Waals surface area contributed by atoms with E-state index in [1.165, 1.54) is 7.11 Å². The van der Waals surface area contributed by atoms with Crippen LogP contribution in [0.2, 0.25) is 0 Å². The Hall–Kier alpha value is -1.84. The molecule has 17 heavy (non-hydrogen) atoms. The number of rotatable bonds is 4. The summed E-state index contributed by atoms with van der Waals surface area (Å²) in [5.74, 6) is -0.161. The largest absolute Gasteiger partial charge is 0.465 e. The van der Waals surface area contributed by atoms with Crippen LogP contribution < -0.4 is 5.32 Å². The van der Waals surface area contributed by atoms with E-state index < -0.39 is 5.97 Å². The number of amides is 1. The molecule has 0 atom stereocenters. The van der Waals surface area contributed by atoms with Crippen molar-refractivity contribution in [2.45, 2.75) is 20.3 Å². The fourth-order valence-electron chi connectivity index (χ4n) is 1.42. The summed E-state index contributed by atoms with van der Waals surface area (Å²) in [6.45, 7) is 3.95. The molecule has 92 valence electrons. The standard InChI is InChI=1S/C13H17NO3/c1-9(2)7-12(15)14-11-6-4-5-10(8-11)13(16)17-3/h4-6,8-9H,7H2,1-3H3,(H,14,15). The van der Waals surface area contributed by atoms with E-state index in [4.69, 9.17) is 0 Å². The van der Waals surface area contributed by atoms with Crippen LogP contribution in [0.1, 0.15) is 30.6 Å². The second-order valence-corrected chi connectivity index (χ2v) is 4.22. The normalized spacial score (nSPS) is 10.1. The van der Waals surface area contributed by atoms with E-state index in [1.807, 2.05) is 13.8 Å². The van der Waals surface area contributed by atoms with Crippen molar-refractivity contribution < 1.29 is 14.3 Å². The summed E-state index contributed by atoms with van der Waals surface area (Å²) in [4.78, 5) is 22.8. The monoisotopic (exact) mass is 235 g/mol. The Morgan fingerprint density at radius 3 is 2.65 bits per heavy atom. The quantitative estimate of drug-likeness (QED) is 0.815. The highest BCUT2D eigenvalue weighted by molar-refractivity contribution is 5.94. The van der Waals surface area contributed by atoms with Crippen molar-refractivity contribution in [3.63, 3.8) is 0 Å². The molecule has 0 heterocycles. The van der Waals surface area contributed by atoms with E-state index in [2.05, 4.69) is 10.1 Å². The summed E-state index contributed by atoms with van der Waals surface area (Å²) >= 11 is 0. The summed E-state index contributed by atoms with van der Waals surface area (Å²) in [6, 6.07) is 6.69. The number of hydrogen-bond donors (Lipinski definition) is 1. The maximum atomic E-state index is 11.5. The second kappa shape index (κ2) is 6.03. The molecule has 1 aromatic carbocycles. The smallest absolute Gasteiger partial charge is 0.337 e. The molecule has 0 aliphatic heterocycles. The molecule has 0 saturated carbocycles. The van der Waals surface area contributed by atoms with E-state index in [9.17, 15) is 9.59 Å². The van der Waals surface area contributed by atoms with Crippen molar-refractivity contribution in [3.8, 4) is 0 Å². The first-order chi connectivity index (χ1) is 8.02. The SMILES string of the molecule is COC(=O)c1cccc(NC(=O)CC(C)C)c1. The Kier molecular flexibility index (Phi) is 4.69. The Labute approximate surface area is 101 Å². The van der Waals surface area contributed by atoms with Crippen LogP contribution in [-0.2, 0) is 9.53 Å². The van der Waals surface area contributed by atoms with Crippen molar-refractivity contribution in [3.05, 3.63) is 29.8 Å². The van der Waals surface area contributed by atoms with Crippen molar-refractivity contribution in [2.24, 2.45) is 5.92 Å². The van der Waals surface area contributed by atoms with Gasteiger partial charge in [-0.3, -0.25) is 4.79 Å². The minimum Gasteiger partial charge on any atom is -0.465 e. The van der Waals surface area contributed by atoms with Gasteiger partial charge in [-0.1, -0.05) is 19.9 Å². The molecule has 1 aromatic rings. The average molecular weight is 235 g/mol. The number of carbonyl (C=O) groups excluding carboxylic acids is 2. The van der Waals surface area contributed by atoms with Crippen molar-refractivity contribution in [1.29, 1.82) is 0 Å². The van der Waals surface area contributed by atoms with Gasteiger partial charge in [-0.05, 0) is 24.1 Å². The maximum absolute atomic E-state index is 11.5. The number of ether oxygens (including phenoxy) is 1. The van der Waals surface area contributed by atoms with Gasteiger partial charge >= 0.3 is 5.97 Å². The summed E-state index contributed by atoms with van der Waals surface area (Å²) < 4.78 is 4.61. The first-order valence-electron chi connectivity index (χ1n) is 5.51. The van der Waals surface area contributed by atoms with Crippen LogP contribution in [0.5, 0.6) is 0 Å². The Balaban J connectivity index is 2.72. The lowest BCUT2D eigenvalue weighted by atomic mass is 10.1. The van der Waals surface area contributed by atoms with Gasteiger partial charge in [0, 0.05) is 12.1 Å². The predicted molar refractivity (Wildman–Crippen MR) is 65.9 cm³/mol. The molecule has 1 amide bonds. The summed E-state index contributed by atoms with van der Waals surface area (Å²) in [7, 11) is 1.33. The van der Waals surface area contributed by atoms with Crippen molar-refractivity contribution >= 4 is 17.6 Å². The maximum Gasteiger partial charge on any atom is 0.337 e.